The van der Waals surface area contributed by atoms with Gasteiger partial charge in [-0.05, 0) is 80.7 Å². The third-order valence-electron chi connectivity index (χ3n) is 8.45. The van der Waals surface area contributed by atoms with Gasteiger partial charge in [-0.25, -0.2) is 0 Å². The number of fused-ring (bicyclic) bond motifs is 3. The summed E-state index contributed by atoms with van der Waals surface area (Å²) in [5.41, 5.74) is 3.69. The number of benzene rings is 2. The van der Waals surface area contributed by atoms with Crippen LogP contribution in [0.4, 0.5) is 0 Å². The van der Waals surface area contributed by atoms with Gasteiger partial charge in [0.2, 0.25) is 5.78 Å². The minimum atomic E-state index is -2.61. The van der Waals surface area contributed by atoms with E-state index in [1.807, 2.05) is 19.0 Å². The van der Waals surface area contributed by atoms with Crippen LogP contribution in [0, 0.1) is 11.8 Å². The second kappa shape index (κ2) is 10.7. The number of carbonyl (C=O) groups is 4. The molecule has 2 aromatic rings. The second-order valence-electron chi connectivity index (χ2n) is 11.4. The van der Waals surface area contributed by atoms with E-state index in [4.69, 9.17) is 5.73 Å². The van der Waals surface area contributed by atoms with Gasteiger partial charge < -0.3 is 36.4 Å². The van der Waals surface area contributed by atoms with Gasteiger partial charge in [0.15, 0.2) is 11.4 Å². The lowest BCUT2D eigenvalue weighted by Crippen LogP contribution is -2.57. The molecule has 0 aromatic heterocycles. The molecule has 42 heavy (non-hydrogen) atoms. The van der Waals surface area contributed by atoms with E-state index >= 15 is 0 Å². The van der Waals surface area contributed by atoms with Crippen LogP contribution < -0.4 is 11.1 Å². The number of primary amides is 1. The SMILES string of the molecule is CN(C)CCCNC(=O)c1cccc(-c2ccc(O)c3c2CC2C[C@H]4CC(O)=C(C(N)=O)C(=O)[C@@]4(O)C(O)=C2C3=O)c1. The van der Waals surface area contributed by atoms with Crippen molar-refractivity contribution >= 4 is 23.4 Å². The van der Waals surface area contributed by atoms with E-state index in [-0.39, 0.29) is 42.1 Å². The monoisotopic (exact) mass is 575 g/mol. The number of rotatable bonds is 7. The lowest BCUT2D eigenvalue weighted by Gasteiger charge is -2.45. The minimum absolute atomic E-state index is 0.0351. The smallest absolute Gasteiger partial charge is 0.255 e. The van der Waals surface area contributed by atoms with Gasteiger partial charge in [0.25, 0.3) is 11.8 Å². The molecule has 11 heteroatoms. The number of phenolic OH excluding ortho intramolecular Hbond substituents is 1. The molecule has 2 amide bonds. The van der Waals surface area contributed by atoms with Gasteiger partial charge in [0.05, 0.1) is 5.56 Å². The largest absolute Gasteiger partial charge is 0.511 e. The zero-order valence-corrected chi connectivity index (χ0v) is 23.3. The number of hydrogen-bond acceptors (Lipinski definition) is 9. The quantitative estimate of drug-likeness (QED) is 0.212. The summed E-state index contributed by atoms with van der Waals surface area (Å²) in [6, 6.07) is 9.90. The maximum atomic E-state index is 13.8. The lowest BCUT2D eigenvalue weighted by atomic mass is 9.60. The number of amides is 2. The molecule has 0 saturated carbocycles. The first-order valence-electron chi connectivity index (χ1n) is 13.7. The van der Waals surface area contributed by atoms with E-state index in [9.17, 15) is 39.6 Å². The number of ketones is 2. The van der Waals surface area contributed by atoms with E-state index < -0.39 is 52.0 Å². The van der Waals surface area contributed by atoms with Gasteiger partial charge in [0, 0.05) is 30.0 Å². The average Bonchev–Trinajstić information content (AvgIpc) is 2.93. The van der Waals surface area contributed by atoms with E-state index in [0.29, 0.717) is 28.8 Å². The Balaban J connectivity index is 1.52. The average molecular weight is 576 g/mol. The molecule has 0 spiro atoms. The van der Waals surface area contributed by atoms with Crippen molar-refractivity contribution in [2.24, 2.45) is 17.6 Å². The molecule has 3 atom stereocenters. The number of Topliss-reactive ketones (excluding diaryl/α,β-unsaturated/α-hetero) is 2. The van der Waals surface area contributed by atoms with Crippen molar-refractivity contribution < 1.29 is 39.6 Å². The fourth-order valence-corrected chi connectivity index (χ4v) is 6.42. The lowest BCUT2D eigenvalue weighted by molar-refractivity contribution is -0.144. The molecule has 5 rings (SSSR count). The molecule has 0 radical (unpaired) electrons. The second-order valence-corrected chi connectivity index (χ2v) is 11.4. The van der Waals surface area contributed by atoms with Crippen LogP contribution >= 0.6 is 0 Å². The van der Waals surface area contributed by atoms with Crippen molar-refractivity contribution in [3.05, 3.63) is 75.8 Å². The predicted octanol–water partition coefficient (Wildman–Crippen LogP) is 1.93. The number of nitrogens with zero attached hydrogens (tertiary/aromatic N) is 1. The standard InChI is InChI=1S/C31H33N3O8/c1-34(2)10-4-9-33-30(41)16-6-3-5-15(11-16)19-7-8-21(35)24-20(19)13-17-12-18-14-22(36)25(29(32)40)28(39)31(18,42)27(38)23(17)26(24)37/h3,5-8,11,17-18,35-36,38,42H,4,9-10,12-14H2,1-2H3,(H2,32,40)(H,33,41)/t17?,18-,31-/m0/s1. The van der Waals surface area contributed by atoms with Gasteiger partial charge in [0.1, 0.15) is 22.8 Å². The van der Waals surface area contributed by atoms with E-state index in [1.54, 1.807) is 30.3 Å². The van der Waals surface area contributed by atoms with E-state index in [1.165, 1.54) is 6.07 Å². The van der Waals surface area contributed by atoms with Gasteiger partial charge >= 0.3 is 0 Å². The third kappa shape index (κ3) is 4.64. The molecule has 11 nitrogen and oxygen atoms in total. The molecule has 7 N–H and O–H groups in total. The molecule has 1 unspecified atom stereocenters. The normalized spacial score (nSPS) is 23.4. The molecular formula is C31H33N3O8. The highest BCUT2D eigenvalue weighted by atomic mass is 16.3. The number of phenols is 1. The van der Waals surface area contributed by atoms with Gasteiger partial charge in [-0.2, -0.15) is 0 Å². The van der Waals surface area contributed by atoms with Crippen LogP contribution in [0.1, 0.15) is 45.5 Å². The first kappa shape index (κ1) is 29.0. The first-order valence-corrected chi connectivity index (χ1v) is 13.7. The molecule has 3 aliphatic rings. The number of nitrogens with two attached hydrogens (primary N) is 1. The van der Waals surface area contributed by atoms with Crippen LogP contribution in [0.5, 0.6) is 5.75 Å². The van der Waals surface area contributed by atoms with Crippen LogP contribution in [0.3, 0.4) is 0 Å². The summed E-state index contributed by atoms with van der Waals surface area (Å²) in [6.45, 7) is 1.34. The topological polar surface area (TPSA) is 190 Å². The number of aromatic hydroxyl groups is 1. The molecule has 2 aromatic carbocycles. The predicted molar refractivity (Wildman–Crippen MR) is 152 cm³/mol. The van der Waals surface area contributed by atoms with Crippen molar-refractivity contribution in [1.82, 2.24) is 10.2 Å². The number of allylic oxidation sites excluding steroid dienone is 2. The van der Waals surface area contributed by atoms with E-state index in [2.05, 4.69) is 5.32 Å². The van der Waals surface area contributed by atoms with Crippen molar-refractivity contribution in [2.75, 3.05) is 27.2 Å². The Labute approximate surface area is 241 Å². The highest BCUT2D eigenvalue weighted by Crippen LogP contribution is 2.52. The van der Waals surface area contributed by atoms with Crippen LogP contribution in [0.25, 0.3) is 11.1 Å². The number of hydrogen-bond donors (Lipinski definition) is 6. The number of aliphatic hydroxyl groups excluding tert-OH is 2. The maximum Gasteiger partial charge on any atom is 0.255 e. The van der Waals surface area contributed by atoms with Crippen LogP contribution in [0.2, 0.25) is 0 Å². The third-order valence-corrected chi connectivity index (χ3v) is 8.45. The van der Waals surface area contributed by atoms with Crippen LogP contribution in [0.15, 0.2) is 59.1 Å². The zero-order chi connectivity index (χ0) is 30.5. The Bertz CT molecular complexity index is 1590. The van der Waals surface area contributed by atoms with Crippen molar-refractivity contribution in [1.29, 1.82) is 0 Å². The molecule has 0 bridgehead atoms. The molecule has 220 valence electrons. The Morgan fingerprint density at radius 1 is 1.10 bits per heavy atom. The fraction of sp³-hybridized carbons (Fsp3) is 0.355. The van der Waals surface area contributed by atoms with E-state index in [0.717, 1.165) is 13.0 Å². The fourth-order valence-electron chi connectivity index (χ4n) is 6.42. The first-order chi connectivity index (χ1) is 19.9. The summed E-state index contributed by atoms with van der Waals surface area (Å²) in [5.74, 6) is -7.00. The molecule has 0 aliphatic heterocycles. The summed E-state index contributed by atoms with van der Waals surface area (Å²) in [7, 11) is 3.91. The number of carbonyl (C=O) groups excluding carboxylic acids is 4. The van der Waals surface area contributed by atoms with Gasteiger partial charge in [-0.1, -0.05) is 18.2 Å². The summed E-state index contributed by atoms with van der Waals surface area (Å²) in [4.78, 5) is 53.6. The minimum Gasteiger partial charge on any atom is -0.511 e. The van der Waals surface area contributed by atoms with Crippen LogP contribution in [-0.2, 0) is 16.0 Å². The summed E-state index contributed by atoms with van der Waals surface area (Å²) < 4.78 is 0. The van der Waals surface area contributed by atoms with Crippen molar-refractivity contribution in [3.8, 4) is 16.9 Å². The Morgan fingerprint density at radius 2 is 1.83 bits per heavy atom. The number of aliphatic hydroxyl groups is 3. The summed E-state index contributed by atoms with van der Waals surface area (Å²) in [5, 5.41) is 46.6. The Kier molecular flexibility index (Phi) is 7.42. The number of nitrogens with one attached hydrogen (secondary N) is 1. The zero-order valence-electron chi connectivity index (χ0n) is 23.3. The highest BCUT2D eigenvalue weighted by molar-refractivity contribution is 6.24. The summed E-state index contributed by atoms with van der Waals surface area (Å²) in [6.07, 6.45) is 0.690. The maximum absolute atomic E-state index is 13.8. The van der Waals surface area contributed by atoms with Crippen molar-refractivity contribution in [3.63, 3.8) is 0 Å². The van der Waals surface area contributed by atoms with Crippen LogP contribution in [-0.4, -0.2) is 81.5 Å². The summed E-state index contributed by atoms with van der Waals surface area (Å²) >= 11 is 0. The van der Waals surface area contributed by atoms with Gasteiger partial charge in [-0.3, -0.25) is 19.2 Å². The highest BCUT2D eigenvalue weighted by Gasteiger charge is 2.59. The molecule has 0 fully saturated rings. The molecule has 0 saturated heterocycles. The van der Waals surface area contributed by atoms with Gasteiger partial charge in [-0.15, -0.1) is 0 Å². The van der Waals surface area contributed by atoms with Crippen molar-refractivity contribution in [2.45, 2.75) is 31.3 Å². The molecule has 0 heterocycles. The molecular weight excluding hydrogens is 542 g/mol. The molecule has 3 aliphatic carbocycles. The Morgan fingerprint density at radius 3 is 2.52 bits per heavy atom. The Hall–Kier alpha value is -4.48.